The molecule has 0 saturated heterocycles. The predicted molar refractivity (Wildman–Crippen MR) is 100 cm³/mol. The fraction of sp³-hybridized carbons (Fsp3) is 0.278. The topological polar surface area (TPSA) is 47.6 Å². The van der Waals surface area contributed by atoms with Gasteiger partial charge >= 0.3 is 0 Å². The average Bonchev–Trinajstić information content (AvgIpc) is 2.55. The Hall–Kier alpha value is -1.72. The second-order valence-corrected chi connectivity index (χ2v) is 6.49. The molecule has 2 aromatic carbocycles. The first kappa shape index (κ1) is 18.6. The normalized spacial score (nSPS) is 11.7. The van der Waals surface area contributed by atoms with E-state index in [-0.39, 0.29) is 5.91 Å². The van der Waals surface area contributed by atoms with Crippen molar-refractivity contribution < 1.29 is 14.3 Å². The van der Waals surface area contributed by atoms with Crippen LogP contribution in [0.15, 0.2) is 46.9 Å². The van der Waals surface area contributed by atoms with Crippen LogP contribution in [0.3, 0.4) is 0 Å². The summed E-state index contributed by atoms with van der Waals surface area (Å²) in [7, 11) is 0. The monoisotopic (exact) mass is 411 g/mol. The summed E-state index contributed by atoms with van der Waals surface area (Å²) in [6.45, 7) is 4.37. The van der Waals surface area contributed by atoms with E-state index in [1.165, 1.54) is 0 Å². The molecule has 1 amide bonds. The molecule has 0 bridgehead atoms. The molecule has 1 unspecified atom stereocenters. The summed E-state index contributed by atoms with van der Waals surface area (Å²) in [5.41, 5.74) is 0.666. The Labute approximate surface area is 155 Å². The number of benzene rings is 2. The molecule has 0 radical (unpaired) electrons. The molecule has 2 rings (SSSR count). The number of carbonyl (C=O) groups excluding carboxylic acids is 1. The molecule has 0 aliphatic heterocycles. The Morgan fingerprint density at radius 3 is 2.79 bits per heavy atom. The summed E-state index contributed by atoms with van der Waals surface area (Å²) in [5.74, 6) is 1.04. The lowest BCUT2D eigenvalue weighted by molar-refractivity contribution is -0.122. The third-order valence-electron chi connectivity index (χ3n) is 3.14. The molecule has 2 aromatic rings. The minimum atomic E-state index is -0.664. The quantitative estimate of drug-likeness (QED) is 0.671. The van der Waals surface area contributed by atoms with Gasteiger partial charge in [-0.1, -0.05) is 24.6 Å². The molecule has 6 heteroatoms. The van der Waals surface area contributed by atoms with Gasteiger partial charge in [0, 0.05) is 16.8 Å². The maximum absolute atomic E-state index is 12.3. The zero-order valence-electron chi connectivity index (χ0n) is 13.5. The van der Waals surface area contributed by atoms with E-state index in [0.29, 0.717) is 27.5 Å². The highest BCUT2D eigenvalue weighted by Crippen LogP contribution is 2.29. The molecule has 1 N–H and O–H groups in total. The van der Waals surface area contributed by atoms with Crippen molar-refractivity contribution in [2.75, 3.05) is 11.9 Å². The van der Waals surface area contributed by atoms with E-state index in [2.05, 4.69) is 21.2 Å². The van der Waals surface area contributed by atoms with Crippen molar-refractivity contribution in [1.82, 2.24) is 0 Å². The van der Waals surface area contributed by atoms with Crippen molar-refractivity contribution >= 4 is 39.1 Å². The summed E-state index contributed by atoms with van der Waals surface area (Å²) < 4.78 is 11.9. The zero-order valence-corrected chi connectivity index (χ0v) is 15.9. The van der Waals surface area contributed by atoms with E-state index in [0.717, 1.165) is 12.2 Å². The van der Waals surface area contributed by atoms with Gasteiger partial charge in [-0.25, -0.2) is 0 Å². The van der Waals surface area contributed by atoms with Crippen LogP contribution in [-0.2, 0) is 4.79 Å². The molecule has 0 fully saturated rings. The van der Waals surface area contributed by atoms with Crippen molar-refractivity contribution in [2.45, 2.75) is 26.4 Å². The van der Waals surface area contributed by atoms with Crippen LogP contribution in [0.25, 0.3) is 0 Å². The minimum absolute atomic E-state index is 0.246. The maximum atomic E-state index is 12.3. The molecular weight excluding hydrogens is 394 g/mol. The van der Waals surface area contributed by atoms with Gasteiger partial charge in [0.1, 0.15) is 11.5 Å². The molecule has 0 aliphatic carbocycles. The standard InChI is InChI=1S/C18H19BrClNO3/c1-3-9-23-15-6-4-5-14(11-15)21-18(22)12(2)24-17-8-7-13(20)10-16(17)19/h4-8,10-12H,3,9H2,1-2H3,(H,21,22). The first-order valence-corrected chi connectivity index (χ1v) is 8.82. The first-order chi connectivity index (χ1) is 11.5. The lowest BCUT2D eigenvalue weighted by atomic mass is 10.2. The Kier molecular flexibility index (Phi) is 6.94. The second kappa shape index (κ2) is 8.94. The van der Waals surface area contributed by atoms with Gasteiger partial charge in [0.05, 0.1) is 11.1 Å². The van der Waals surface area contributed by atoms with Crippen LogP contribution in [-0.4, -0.2) is 18.6 Å². The van der Waals surface area contributed by atoms with Gasteiger partial charge in [0.2, 0.25) is 0 Å². The zero-order chi connectivity index (χ0) is 17.5. The van der Waals surface area contributed by atoms with Gasteiger partial charge in [-0.2, -0.15) is 0 Å². The molecule has 0 saturated carbocycles. The van der Waals surface area contributed by atoms with Gasteiger partial charge < -0.3 is 14.8 Å². The highest BCUT2D eigenvalue weighted by Gasteiger charge is 2.16. The first-order valence-electron chi connectivity index (χ1n) is 7.65. The number of nitrogens with one attached hydrogen (secondary N) is 1. The number of amides is 1. The highest BCUT2D eigenvalue weighted by atomic mass is 79.9. The minimum Gasteiger partial charge on any atom is -0.494 e. The lowest BCUT2D eigenvalue weighted by Crippen LogP contribution is -2.30. The van der Waals surface area contributed by atoms with Crippen molar-refractivity contribution in [3.8, 4) is 11.5 Å². The fourth-order valence-electron chi connectivity index (χ4n) is 1.94. The van der Waals surface area contributed by atoms with E-state index < -0.39 is 6.10 Å². The van der Waals surface area contributed by atoms with Crippen molar-refractivity contribution in [2.24, 2.45) is 0 Å². The predicted octanol–water partition coefficient (Wildman–Crippen LogP) is 5.30. The van der Waals surface area contributed by atoms with E-state index in [4.69, 9.17) is 21.1 Å². The molecule has 0 spiro atoms. The van der Waals surface area contributed by atoms with E-state index in [1.54, 1.807) is 31.2 Å². The lowest BCUT2D eigenvalue weighted by Gasteiger charge is -2.16. The summed E-state index contributed by atoms with van der Waals surface area (Å²) in [4.78, 5) is 12.3. The number of hydrogen-bond donors (Lipinski definition) is 1. The van der Waals surface area contributed by atoms with E-state index in [1.807, 2.05) is 25.1 Å². The van der Waals surface area contributed by atoms with Crippen LogP contribution in [0.1, 0.15) is 20.3 Å². The van der Waals surface area contributed by atoms with Crippen LogP contribution in [0.4, 0.5) is 5.69 Å². The Balaban J connectivity index is 1.98. The molecule has 128 valence electrons. The van der Waals surface area contributed by atoms with Crippen molar-refractivity contribution in [1.29, 1.82) is 0 Å². The van der Waals surface area contributed by atoms with E-state index >= 15 is 0 Å². The van der Waals surface area contributed by atoms with Gasteiger partial charge in [0.25, 0.3) is 5.91 Å². The molecule has 24 heavy (non-hydrogen) atoms. The van der Waals surface area contributed by atoms with Gasteiger partial charge in [-0.3, -0.25) is 4.79 Å². The fourth-order valence-corrected chi connectivity index (χ4v) is 2.72. The SMILES string of the molecule is CCCOc1cccc(NC(=O)C(C)Oc2ccc(Cl)cc2Br)c1. The van der Waals surface area contributed by atoms with Crippen LogP contribution < -0.4 is 14.8 Å². The summed E-state index contributed by atoms with van der Waals surface area (Å²) in [6, 6.07) is 12.4. The Morgan fingerprint density at radius 1 is 1.29 bits per heavy atom. The second-order valence-electron chi connectivity index (χ2n) is 5.20. The number of halogens is 2. The van der Waals surface area contributed by atoms with Crippen LogP contribution in [0.2, 0.25) is 5.02 Å². The summed E-state index contributed by atoms with van der Waals surface area (Å²) in [6.07, 6.45) is 0.264. The smallest absolute Gasteiger partial charge is 0.265 e. The van der Waals surface area contributed by atoms with Gasteiger partial charge in [-0.05, 0) is 59.6 Å². The van der Waals surface area contributed by atoms with Gasteiger partial charge in [-0.15, -0.1) is 0 Å². The van der Waals surface area contributed by atoms with Crippen molar-refractivity contribution in [3.05, 3.63) is 52.0 Å². The van der Waals surface area contributed by atoms with Crippen LogP contribution >= 0.6 is 27.5 Å². The number of rotatable bonds is 7. The number of carbonyl (C=O) groups is 1. The van der Waals surface area contributed by atoms with Crippen LogP contribution in [0.5, 0.6) is 11.5 Å². The Morgan fingerprint density at radius 2 is 2.08 bits per heavy atom. The average molecular weight is 413 g/mol. The molecule has 0 aliphatic rings. The van der Waals surface area contributed by atoms with Crippen molar-refractivity contribution in [3.63, 3.8) is 0 Å². The highest BCUT2D eigenvalue weighted by molar-refractivity contribution is 9.10. The van der Waals surface area contributed by atoms with E-state index in [9.17, 15) is 4.79 Å². The molecule has 1 atom stereocenters. The van der Waals surface area contributed by atoms with Gasteiger partial charge in [0.15, 0.2) is 6.10 Å². The largest absolute Gasteiger partial charge is 0.494 e. The summed E-state index contributed by atoms with van der Waals surface area (Å²) in [5, 5.41) is 3.42. The molecule has 0 aromatic heterocycles. The Bertz CT molecular complexity index is 708. The number of ether oxygens (including phenoxy) is 2. The number of anilines is 1. The van der Waals surface area contributed by atoms with Crippen LogP contribution in [0, 0.1) is 0 Å². The number of hydrogen-bond acceptors (Lipinski definition) is 3. The molecular formula is C18H19BrClNO3. The maximum Gasteiger partial charge on any atom is 0.265 e. The molecule has 0 heterocycles. The third-order valence-corrected chi connectivity index (χ3v) is 4.00. The third kappa shape index (κ3) is 5.42. The summed E-state index contributed by atoms with van der Waals surface area (Å²) >= 11 is 9.27. The molecule has 4 nitrogen and oxygen atoms in total.